The van der Waals surface area contributed by atoms with E-state index in [2.05, 4.69) is 47.4 Å². The van der Waals surface area contributed by atoms with E-state index >= 15 is 0 Å². The molecule has 7 nitrogen and oxygen atoms in total. The molecular formula is C24H26N6OS. The Labute approximate surface area is 191 Å². The van der Waals surface area contributed by atoms with E-state index in [1.54, 1.807) is 18.6 Å². The van der Waals surface area contributed by atoms with Gasteiger partial charge in [-0.15, -0.1) is 11.3 Å². The summed E-state index contributed by atoms with van der Waals surface area (Å²) in [5, 5.41) is 18.3. The van der Waals surface area contributed by atoms with E-state index in [9.17, 15) is 4.79 Å². The first-order chi connectivity index (χ1) is 15.3. The van der Waals surface area contributed by atoms with Gasteiger partial charge >= 0.3 is 0 Å². The number of imidazole rings is 1. The fraction of sp³-hybridized carbons (Fsp3) is 0.333. The first-order valence-electron chi connectivity index (χ1n) is 10.6. The van der Waals surface area contributed by atoms with Gasteiger partial charge in [-0.05, 0) is 57.7 Å². The van der Waals surface area contributed by atoms with E-state index in [1.807, 2.05) is 28.1 Å². The van der Waals surface area contributed by atoms with Crippen LogP contribution in [0.15, 0.2) is 53.4 Å². The van der Waals surface area contributed by atoms with Crippen LogP contribution in [0.5, 0.6) is 0 Å². The Morgan fingerprint density at radius 3 is 2.78 bits per heavy atom. The van der Waals surface area contributed by atoms with Crippen molar-refractivity contribution >= 4 is 22.4 Å². The standard InChI is InChI=1S/C24H26N6OS/c1-24(2,3)30-13-20(27-15-30)22(31)26-12-19(17-7-5-8-17)28-23-29-21(14-32-23)18-9-4-6-16(10-18)11-25/h4,6,9-10,13-15H,5,7-8,12H2,1-3H3,(H,26,31)(H,28,29). The van der Waals surface area contributed by atoms with Gasteiger partial charge in [-0.25, -0.2) is 9.97 Å². The first-order valence-corrected chi connectivity index (χ1v) is 11.5. The average molecular weight is 447 g/mol. The maximum absolute atomic E-state index is 12.6. The number of hydrogen-bond donors (Lipinski definition) is 2. The van der Waals surface area contributed by atoms with Crippen molar-refractivity contribution in [2.45, 2.75) is 45.6 Å². The lowest BCUT2D eigenvalue weighted by Crippen LogP contribution is -2.29. The summed E-state index contributed by atoms with van der Waals surface area (Å²) in [5.74, 6) is -0.194. The average Bonchev–Trinajstić information content (AvgIpc) is 3.40. The Bertz CT molecular complexity index is 1200. The van der Waals surface area contributed by atoms with Gasteiger partial charge in [0.25, 0.3) is 5.91 Å². The lowest BCUT2D eigenvalue weighted by Gasteiger charge is -2.22. The molecule has 2 heterocycles. The second kappa shape index (κ2) is 8.97. The molecule has 0 unspecified atom stereocenters. The number of aromatic nitrogens is 3. The number of carbonyl (C=O) groups is 1. The number of thiazole rings is 1. The molecule has 1 amide bonds. The Balaban J connectivity index is 1.44. The van der Waals surface area contributed by atoms with Crippen molar-refractivity contribution in [3.8, 4) is 17.3 Å². The zero-order valence-corrected chi connectivity index (χ0v) is 19.3. The van der Waals surface area contributed by atoms with Crippen LogP contribution in [0.4, 0.5) is 5.13 Å². The third-order valence-corrected chi connectivity index (χ3v) is 6.21. The summed E-state index contributed by atoms with van der Waals surface area (Å²) in [7, 11) is 0. The molecule has 1 saturated carbocycles. The number of nitriles is 1. The lowest BCUT2D eigenvalue weighted by molar-refractivity contribution is 0.0952. The highest BCUT2D eigenvalue weighted by molar-refractivity contribution is 7.14. The topological polar surface area (TPSA) is 95.6 Å². The van der Waals surface area contributed by atoms with Crippen LogP contribution in [0.2, 0.25) is 0 Å². The Morgan fingerprint density at radius 2 is 2.12 bits per heavy atom. The van der Waals surface area contributed by atoms with Crippen LogP contribution in [-0.4, -0.2) is 27.0 Å². The number of nitrogens with zero attached hydrogens (tertiary/aromatic N) is 4. The van der Waals surface area contributed by atoms with Crippen molar-refractivity contribution in [2.75, 3.05) is 11.9 Å². The van der Waals surface area contributed by atoms with Crippen molar-refractivity contribution < 1.29 is 4.79 Å². The number of carbonyl (C=O) groups excluding carboxylic acids is 1. The fourth-order valence-corrected chi connectivity index (χ4v) is 4.07. The molecule has 1 fully saturated rings. The van der Waals surface area contributed by atoms with E-state index in [0.29, 0.717) is 17.8 Å². The number of hydrogen-bond acceptors (Lipinski definition) is 6. The summed E-state index contributed by atoms with van der Waals surface area (Å²) in [4.78, 5) is 21.6. The summed E-state index contributed by atoms with van der Waals surface area (Å²) in [6.45, 7) is 6.60. The monoisotopic (exact) mass is 446 g/mol. The molecule has 0 radical (unpaired) electrons. The quantitative estimate of drug-likeness (QED) is 0.561. The molecule has 0 aliphatic heterocycles. The van der Waals surface area contributed by atoms with E-state index in [-0.39, 0.29) is 11.4 Å². The van der Waals surface area contributed by atoms with Gasteiger partial charge in [-0.3, -0.25) is 4.79 Å². The van der Waals surface area contributed by atoms with Crippen molar-refractivity contribution in [1.29, 1.82) is 5.26 Å². The van der Waals surface area contributed by atoms with Crippen LogP contribution in [0.25, 0.3) is 11.3 Å². The van der Waals surface area contributed by atoms with Gasteiger partial charge in [-0.2, -0.15) is 5.26 Å². The zero-order chi connectivity index (χ0) is 22.7. The molecule has 1 aliphatic carbocycles. The summed E-state index contributed by atoms with van der Waals surface area (Å²) in [6.07, 6.45) is 6.69. The van der Waals surface area contributed by atoms with E-state index in [0.717, 1.165) is 41.3 Å². The third-order valence-electron chi connectivity index (χ3n) is 5.45. The summed E-state index contributed by atoms with van der Waals surface area (Å²) >= 11 is 1.51. The van der Waals surface area contributed by atoms with Gasteiger partial charge in [0, 0.05) is 28.4 Å². The first kappa shape index (κ1) is 21.8. The van der Waals surface area contributed by atoms with Gasteiger partial charge in [0.2, 0.25) is 0 Å². The maximum atomic E-state index is 12.6. The summed E-state index contributed by atoms with van der Waals surface area (Å²) < 4.78 is 1.93. The minimum Gasteiger partial charge on any atom is -0.345 e. The fourth-order valence-electron chi connectivity index (χ4n) is 3.32. The number of allylic oxidation sites excluding steroid dienone is 1. The van der Waals surface area contributed by atoms with Crippen LogP contribution in [0.3, 0.4) is 0 Å². The highest BCUT2D eigenvalue weighted by atomic mass is 32.1. The smallest absolute Gasteiger partial charge is 0.271 e. The minimum absolute atomic E-state index is 0.124. The number of amides is 1. The second-order valence-corrected chi connectivity index (χ2v) is 9.67. The molecule has 164 valence electrons. The molecular weight excluding hydrogens is 420 g/mol. The molecule has 2 aromatic heterocycles. The maximum Gasteiger partial charge on any atom is 0.271 e. The lowest BCUT2D eigenvalue weighted by atomic mass is 9.90. The van der Waals surface area contributed by atoms with Crippen LogP contribution in [0.1, 0.15) is 56.1 Å². The van der Waals surface area contributed by atoms with E-state index in [1.165, 1.54) is 16.9 Å². The Morgan fingerprint density at radius 1 is 1.31 bits per heavy atom. The Kier molecular flexibility index (Phi) is 6.10. The highest BCUT2D eigenvalue weighted by Gasteiger charge is 2.19. The minimum atomic E-state index is -0.194. The van der Waals surface area contributed by atoms with Gasteiger partial charge in [0.1, 0.15) is 5.69 Å². The molecule has 0 bridgehead atoms. The van der Waals surface area contributed by atoms with E-state index in [4.69, 9.17) is 5.26 Å². The molecule has 4 rings (SSSR count). The van der Waals surface area contributed by atoms with Crippen molar-refractivity contribution in [2.24, 2.45) is 0 Å². The van der Waals surface area contributed by atoms with E-state index < -0.39 is 0 Å². The molecule has 3 aromatic rings. The normalized spacial score (nSPS) is 13.2. The second-order valence-electron chi connectivity index (χ2n) is 8.81. The number of anilines is 1. The summed E-state index contributed by atoms with van der Waals surface area (Å²) in [6, 6.07) is 9.58. The Hall–Kier alpha value is -3.44. The van der Waals surface area contributed by atoms with Gasteiger partial charge in [0.05, 0.1) is 30.2 Å². The molecule has 8 heteroatoms. The predicted molar refractivity (Wildman–Crippen MR) is 126 cm³/mol. The van der Waals surface area contributed by atoms with Crippen LogP contribution >= 0.6 is 11.3 Å². The van der Waals surface area contributed by atoms with Gasteiger partial charge < -0.3 is 15.2 Å². The predicted octanol–water partition coefficient (Wildman–Crippen LogP) is 4.91. The molecule has 0 saturated heterocycles. The molecule has 0 spiro atoms. The van der Waals surface area contributed by atoms with Crippen LogP contribution in [0, 0.1) is 11.3 Å². The van der Waals surface area contributed by atoms with Gasteiger partial charge in [-0.1, -0.05) is 12.1 Å². The summed E-state index contributed by atoms with van der Waals surface area (Å²) in [5.41, 5.74) is 4.94. The molecule has 2 N–H and O–H groups in total. The third kappa shape index (κ3) is 4.89. The van der Waals surface area contributed by atoms with Crippen molar-refractivity contribution in [3.63, 3.8) is 0 Å². The van der Waals surface area contributed by atoms with Crippen LogP contribution < -0.4 is 10.6 Å². The molecule has 1 aromatic carbocycles. The highest BCUT2D eigenvalue weighted by Crippen LogP contribution is 2.31. The van der Waals surface area contributed by atoms with Crippen molar-refractivity contribution in [1.82, 2.24) is 19.9 Å². The van der Waals surface area contributed by atoms with Crippen LogP contribution in [-0.2, 0) is 5.54 Å². The zero-order valence-electron chi connectivity index (χ0n) is 18.5. The molecule has 0 atom stereocenters. The van der Waals surface area contributed by atoms with Gasteiger partial charge in [0.15, 0.2) is 5.13 Å². The molecule has 1 aliphatic rings. The number of benzene rings is 1. The van der Waals surface area contributed by atoms with Crippen molar-refractivity contribution in [3.05, 3.63) is 64.7 Å². The SMILES string of the molecule is CC(C)(C)n1cnc(C(=O)NCC(Nc2nc(-c3cccc(C#N)c3)cs2)=C2CCC2)c1. The largest absolute Gasteiger partial charge is 0.345 e. The number of rotatable bonds is 6. The molecule has 32 heavy (non-hydrogen) atoms. The number of nitrogens with one attached hydrogen (secondary N) is 2.